The smallest absolute Gasteiger partial charge is 0.255 e. The van der Waals surface area contributed by atoms with E-state index in [1.165, 1.54) is 6.39 Å². The number of ether oxygens (including phenoxy) is 1. The number of amides is 1. The first kappa shape index (κ1) is 20.6. The quantitative estimate of drug-likeness (QED) is 0.654. The molecule has 0 atom stereocenters. The molecular formula is C24H24N4O3. The van der Waals surface area contributed by atoms with E-state index in [0.717, 1.165) is 35.6 Å². The summed E-state index contributed by atoms with van der Waals surface area (Å²) in [6.45, 7) is 8.60. The summed E-state index contributed by atoms with van der Waals surface area (Å²) in [5, 5.41) is 2.96. The summed E-state index contributed by atoms with van der Waals surface area (Å²) in [5.74, 6) is 1.28. The van der Waals surface area contributed by atoms with Gasteiger partial charge in [-0.1, -0.05) is 24.8 Å². The molecule has 0 radical (unpaired) electrons. The van der Waals surface area contributed by atoms with E-state index in [2.05, 4.69) is 26.8 Å². The van der Waals surface area contributed by atoms with Crippen LogP contribution >= 0.6 is 0 Å². The highest BCUT2D eigenvalue weighted by atomic mass is 16.5. The number of carbonyl (C=O) groups excluding carboxylic acids is 1. The number of oxazole rings is 1. The van der Waals surface area contributed by atoms with Crippen LogP contribution in [-0.2, 0) is 4.74 Å². The number of hydrogen-bond acceptors (Lipinski definition) is 6. The van der Waals surface area contributed by atoms with Crippen molar-refractivity contribution in [1.82, 2.24) is 15.3 Å². The number of morpholine rings is 1. The van der Waals surface area contributed by atoms with Crippen molar-refractivity contribution in [3.63, 3.8) is 0 Å². The monoisotopic (exact) mass is 416 g/mol. The largest absolute Gasteiger partial charge is 0.444 e. The van der Waals surface area contributed by atoms with Crippen LogP contribution in [0.15, 0.2) is 65.8 Å². The van der Waals surface area contributed by atoms with Gasteiger partial charge in [0.2, 0.25) is 0 Å². The molecule has 0 saturated carbocycles. The van der Waals surface area contributed by atoms with Crippen molar-refractivity contribution in [3.8, 4) is 11.3 Å². The number of rotatable bonds is 6. The number of hydrogen-bond donors (Lipinski definition) is 1. The van der Waals surface area contributed by atoms with Gasteiger partial charge in [-0.05, 0) is 42.3 Å². The molecule has 0 bridgehead atoms. The number of benzene rings is 1. The van der Waals surface area contributed by atoms with E-state index >= 15 is 0 Å². The molecular weight excluding hydrogens is 392 g/mol. The Labute approximate surface area is 181 Å². The predicted octanol–water partition coefficient (Wildman–Crippen LogP) is 4.01. The van der Waals surface area contributed by atoms with Gasteiger partial charge in [0.25, 0.3) is 5.91 Å². The number of aromatic nitrogens is 2. The summed E-state index contributed by atoms with van der Waals surface area (Å²) in [6.07, 6.45) is 8.43. The first-order chi connectivity index (χ1) is 15.1. The van der Waals surface area contributed by atoms with Crippen LogP contribution in [0.3, 0.4) is 0 Å². The van der Waals surface area contributed by atoms with Gasteiger partial charge in [-0.3, -0.25) is 4.79 Å². The molecule has 1 N–H and O–H groups in total. The molecule has 0 unspecified atom stereocenters. The molecule has 0 spiro atoms. The molecule has 4 rings (SSSR count). The maximum atomic E-state index is 12.8. The zero-order chi connectivity index (χ0) is 21.6. The topological polar surface area (TPSA) is 80.5 Å². The van der Waals surface area contributed by atoms with Gasteiger partial charge < -0.3 is 19.4 Å². The van der Waals surface area contributed by atoms with Gasteiger partial charge in [0, 0.05) is 36.1 Å². The highest BCUT2D eigenvalue weighted by Crippen LogP contribution is 2.24. The standard InChI is InChI=1S/C24H24N4O3/c1-3-18-4-5-19(22-15-25-16-31-22)13-21(18)12-17(2)27-24(29)20-6-7-26-23(14-20)28-8-10-30-11-9-28/h3-7,12-16H,1,8-11H2,2H3,(H,27,29)/b17-12+. The fraction of sp³-hybridized carbons (Fsp3) is 0.208. The molecule has 2 aromatic heterocycles. The predicted molar refractivity (Wildman–Crippen MR) is 120 cm³/mol. The Bertz CT molecular complexity index is 1100. The van der Waals surface area contributed by atoms with Gasteiger partial charge in [0.1, 0.15) is 5.82 Å². The highest BCUT2D eigenvalue weighted by molar-refractivity contribution is 5.96. The molecule has 7 heteroatoms. The van der Waals surface area contributed by atoms with E-state index in [9.17, 15) is 4.79 Å². The maximum absolute atomic E-state index is 12.8. The van der Waals surface area contributed by atoms with Crippen LogP contribution in [0.5, 0.6) is 0 Å². The second kappa shape index (κ2) is 9.40. The lowest BCUT2D eigenvalue weighted by Crippen LogP contribution is -2.37. The Balaban J connectivity index is 1.53. The molecule has 1 fully saturated rings. The Morgan fingerprint density at radius 1 is 1.19 bits per heavy atom. The molecule has 1 aromatic carbocycles. The van der Waals surface area contributed by atoms with Crippen molar-refractivity contribution >= 4 is 23.9 Å². The Morgan fingerprint density at radius 2 is 2.03 bits per heavy atom. The number of pyridine rings is 1. The maximum Gasteiger partial charge on any atom is 0.255 e. The third-order valence-corrected chi connectivity index (χ3v) is 5.05. The fourth-order valence-corrected chi connectivity index (χ4v) is 3.44. The number of nitrogens with zero attached hydrogens (tertiary/aromatic N) is 3. The number of allylic oxidation sites excluding steroid dienone is 1. The second-order valence-corrected chi connectivity index (χ2v) is 7.20. The average Bonchev–Trinajstić information content (AvgIpc) is 3.35. The zero-order valence-electron chi connectivity index (χ0n) is 17.4. The molecule has 1 aliphatic rings. The molecule has 3 heterocycles. The van der Waals surface area contributed by atoms with Gasteiger partial charge in [-0.15, -0.1) is 0 Å². The SMILES string of the molecule is C=Cc1ccc(-c2cnco2)cc1/C=C(\C)NC(=O)c1ccnc(N2CCOCC2)c1. The molecule has 0 aliphatic carbocycles. The van der Waals surface area contributed by atoms with E-state index in [1.807, 2.05) is 37.3 Å². The van der Waals surface area contributed by atoms with E-state index in [-0.39, 0.29) is 5.91 Å². The van der Waals surface area contributed by atoms with Crippen LogP contribution in [0.25, 0.3) is 23.5 Å². The van der Waals surface area contributed by atoms with Crippen molar-refractivity contribution in [2.75, 3.05) is 31.2 Å². The van der Waals surface area contributed by atoms with Crippen molar-refractivity contribution in [2.45, 2.75) is 6.92 Å². The zero-order valence-corrected chi connectivity index (χ0v) is 17.4. The molecule has 158 valence electrons. The molecule has 1 saturated heterocycles. The fourth-order valence-electron chi connectivity index (χ4n) is 3.44. The Kier molecular flexibility index (Phi) is 6.24. The highest BCUT2D eigenvalue weighted by Gasteiger charge is 2.15. The van der Waals surface area contributed by atoms with E-state index in [0.29, 0.717) is 30.2 Å². The van der Waals surface area contributed by atoms with E-state index in [4.69, 9.17) is 9.15 Å². The lowest BCUT2D eigenvalue weighted by molar-refractivity contribution is 0.0966. The van der Waals surface area contributed by atoms with Crippen LogP contribution in [0.4, 0.5) is 5.82 Å². The molecule has 1 amide bonds. The average molecular weight is 416 g/mol. The number of carbonyl (C=O) groups is 1. The van der Waals surface area contributed by atoms with Gasteiger partial charge in [-0.2, -0.15) is 0 Å². The van der Waals surface area contributed by atoms with E-state index in [1.54, 1.807) is 24.5 Å². The summed E-state index contributed by atoms with van der Waals surface area (Å²) >= 11 is 0. The van der Waals surface area contributed by atoms with Crippen LogP contribution in [0.2, 0.25) is 0 Å². The summed E-state index contributed by atoms with van der Waals surface area (Å²) in [4.78, 5) is 23.3. The van der Waals surface area contributed by atoms with Crippen molar-refractivity contribution < 1.29 is 13.9 Å². The molecule has 7 nitrogen and oxygen atoms in total. The molecule has 31 heavy (non-hydrogen) atoms. The van der Waals surface area contributed by atoms with Gasteiger partial charge in [0.15, 0.2) is 12.2 Å². The van der Waals surface area contributed by atoms with E-state index < -0.39 is 0 Å². The lowest BCUT2D eigenvalue weighted by Gasteiger charge is -2.27. The van der Waals surface area contributed by atoms with Crippen molar-refractivity contribution in [1.29, 1.82) is 0 Å². The molecule has 1 aliphatic heterocycles. The van der Waals surface area contributed by atoms with Crippen molar-refractivity contribution in [2.24, 2.45) is 0 Å². The molecule has 3 aromatic rings. The summed E-state index contributed by atoms with van der Waals surface area (Å²) < 4.78 is 10.8. The van der Waals surface area contributed by atoms with Gasteiger partial charge >= 0.3 is 0 Å². The summed E-state index contributed by atoms with van der Waals surface area (Å²) in [7, 11) is 0. The van der Waals surface area contributed by atoms with Crippen molar-refractivity contribution in [3.05, 3.63) is 78.1 Å². The minimum atomic E-state index is -0.183. The minimum absolute atomic E-state index is 0.183. The Morgan fingerprint density at radius 3 is 2.77 bits per heavy atom. The van der Waals surface area contributed by atoms with Crippen LogP contribution in [0, 0.1) is 0 Å². The van der Waals surface area contributed by atoms with Gasteiger partial charge in [-0.25, -0.2) is 9.97 Å². The minimum Gasteiger partial charge on any atom is -0.444 e. The third kappa shape index (κ3) is 4.90. The third-order valence-electron chi connectivity index (χ3n) is 5.05. The van der Waals surface area contributed by atoms with Crippen LogP contribution in [0.1, 0.15) is 28.4 Å². The first-order valence-electron chi connectivity index (χ1n) is 10.1. The number of anilines is 1. The number of nitrogens with one attached hydrogen (secondary N) is 1. The summed E-state index contributed by atoms with van der Waals surface area (Å²) in [5.41, 5.74) is 4.05. The summed E-state index contributed by atoms with van der Waals surface area (Å²) in [6, 6.07) is 9.42. The van der Waals surface area contributed by atoms with Crippen LogP contribution in [-0.4, -0.2) is 42.2 Å². The normalized spacial score (nSPS) is 14.4. The van der Waals surface area contributed by atoms with Gasteiger partial charge in [0.05, 0.1) is 19.4 Å². The first-order valence-corrected chi connectivity index (χ1v) is 10.1. The van der Waals surface area contributed by atoms with Crippen LogP contribution < -0.4 is 10.2 Å². The Hall–Kier alpha value is -3.71. The lowest BCUT2D eigenvalue weighted by atomic mass is 10.0. The second-order valence-electron chi connectivity index (χ2n) is 7.20.